The summed E-state index contributed by atoms with van der Waals surface area (Å²) in [7, 11) is 1.59. The predicted molar refractivity (Wildman–Crippen MR) is 116 cm³/mol. The van der Waals surface area contributed by atoms with Crippen molar-refractivity contribution in [3.05, 3.63) is 58.6 Å². The van der Waals surface area contributed by atoms with Crippen LogP contribution in [0.2, 0.25) is 0 Å². The number of benzene rings is 2. The lowest BCUT2D eigenvalue weighted by atomic mass is 10.1. The molecule has 156 valence electrons. The van der Waals surface area contributed by atoms with Gasteiger partial charge in [0.2, 0.25) is 5.91 Å². The first kappa shape index (κ1) is 22.7. The van der Waals surface area contributed by atoms with Crippen LogP contribution in [-0.2, 0) is 16.1 Å². The molecular weight excluding hydrogens is 436 g/mol. The van der Waals surface area contributed by atoms with E-state index in [0.29, 0.717) is 24.6 Å². The van der Waals surface area contributed by atoms with Crippen LogP contribution in [0.3, 0.4) is 0 Å². The fourth-order valence-electron chi connectivity index (χ4n) is 2.71. The molecule has 0 radical (unpaired) electrons. The van der Waals surface area contributed by atoms with Gasteiger partial charge in [0.25, 0.3) is 5.91 Å². The fourth-order valence-corrected chi connectivity index (χ4v) is 3.16. The highest BCUT2D eigenvalue weighted by Crippen LogP contribution is 2.18. The molecule has 0 spiro atoms. The topological polar surface area (TPSA) is 67.9 Å². The molecule has 0 saturated carbocycles. The minimum atomic E-state index is -0.618. The smallest absolute Gasteiger partial charge is 0.261 e. The Morgan fingerprint density at radius 1 is 1.14 bits per heavy atom. The summed E-state index contributed by atoms with van der Waals surface area (Å²) < 4.78 is 11.7. The molecule has 0 aliphatic heterocycles. The van der Waals surface area contributed by atoms with Gasteiger partial charge in [0, 0.05) is 17.6 Å². The van der Waals surface area contributed by atoms with Gasteiger partial charge in [-0.3, -0.25) is 9.59 Å². The molecule has 0 aliphatic carbocycles. The van der Waals surface area contributed by atoms with Crippen LogP contribution in [0.4, 0.5) is 0 Å². The van der Waals surface area contributed by atoms with Crippen LogP contribution in [0, 0.1) is 0 Å². The van der Waals surface area contributed by atoms with Crippen molar-refractivity contribution < 1.29 is 19.1 Å². The molecule has 29 heavy (non-hydrogen) atoms. The van der Waals surface area contributed by atoms with E-state index in [4.69, 9.17) is 9.47 Å². The average molecular weight is 463 g/mol. The maximum atomic E-state index is 12.9. The van der Waals surface area contributed by atoms with E-state index >= 15 is 0 Å². The quantitative estimate of drug-likeness (QED) is 0.583. The van der Waals surface area contributed by atoms with Crippen LogP contribution >= 0.6 is 15.9 Å². The third-order valence-electron chi connectivity index (χ3n) is 4.38. The Morgan fingerprint density at radius 3 is 2.45 bits per heavy atom. The largest absolute Gasteiger partial charge is 0.497 e. The van der Waals surface area contributed by atoms with Crippen LogP contribution in [-0.4, -0.2) is 43.0 Å². The zero-order valence-corrected chi connectivity index (χ0v) is 18.6. The van der Waals surface area contributed by atoms with E-state index < -0.39 is 6.04 Å². The SMILES string of the molecule is CCCNC(=O)[C@H](C)N(Cc1cccc(Br)c1)C(=O)COc1ccc(OC)cc1. The first-order valence-corrected chi connectivity index (χ1v) is 10.3. The third-order valence-corrected chi connectivity index (χ3v) is 4.87. The Kier molecular flexibility index (Phi) is 8.99. The molecular formula is C22H27BrN2O4. The van der Waals surface area contributed by atoms with Crippen molar-refractivity contribution in [2.45, 2.75) is 32.9 Å². The zero-order chi connectivity index (χ0) is 21.2. The number of carbonyl (C=O) groups is 2. The number of halogens is 1. The summed E-state index contributed by atoms with van der Waals surface area (Å²) in [4.78, 5) is 27.0. The van der Waals surface area contributed by atoms with Gasteiger partial charge in [0.1, 0.15) is 17.5 Å². The minimum absolute atomic E-state index is 0.161. The number of hydrogen-bond donors (Lipinski definition) is 1. The number of methoxy groups -OCH3 is 1. The lowest BCUT2D eigenvalue weighted by molar-refractivity contribution is -0.142. The second kappa shape index (κ2) is 11.5. The van der Waals surface area contributed by atoms with E-state index in [1.165, 1.54) is 4.90 Å². The van der Waals surface area contributed by atoms with Crippen LogP contribution < -0.4 is 14.8 Å². The van der Waals surface area contributed by atoms with Crippen molar-refractivity contribution in [2.24, 2.45) is 0 Å². The third kappa shape index (κ3) is 7.09. The van der Waals surface area contributed by atoms with Crippen molar-refractivity contribution in [1.29, 1.82) is 0 Å². The average Bonchev–Trinajstić information content (AvgIpc) is 2.74. The Hall–Kier alpha value is -2.54. The summed E-state index contributed by atoms with van der Waals surface area (Å²) in [6.07, 6.45) is 0.832. The van der Waals surface area contributed by atoms with Crippen LogP contribution in [0.15, 0.2) is 53.0 Å². The summed E-state index contributed by atoms with van der Waals surface area (Å²) in [5.74, 6) is 0.824. The number of hydrogen-bond acceptors (Lipinski definition) is 4. The molecule has 0 saturated heterocycles. The Bertz CT molecular complexity index is 811. The Labute approximate surface area is 180 Å². The molecule has 2 aromatic carbocycles. The number of carbonyl (C=O) groups excluding carboxylic acids is 2. The van der Waals surface area contributed by atoms with Crippen molar-refractivity contribution in [1.82, 2.24) is 10.2 Å². The van der Waals surface area contributed by atoms with E-state index in [1.54, 1.807) is 38.3 Å². The summed E-state index contributed by atoms with van der Waals surface area (Å²) in [5.41, 5.74) is 0.923. The molecule has 2 aromatic rings. The number of rotatable bonds is 10. The van der Waals surface area contributed by atoms with Gasteiger partial charge in [-0.25, -0.2) is 0 Å². The maximum absolute atomic E-state index is 12.9. The molecule has 0 heterocycles. The second-order valence-corrected chi connectivity index (χ2v) is 7.50. The number of nitrogens with zero attached hydrogens (tertiary/aromatic N) is 1. The highest BCUT2D eigenvalue weighted by Gasteiger charge is 2.26. The lowest BCUT2D eigenvalue weighted by Crippen LogP contribution is -2.49. The van der Waals surface area contributed by atoms with Gasteiger partial charge in [-0.2, -0.15) is 0 Å². The molecule has 7 heteroatoms. The molecule has 2 amide bonds. The zero-order valence-electron chi connectivity index (χ0n) is 17.0. The van der Waals surface area contributed by atoms with Crippen molar-refractivity contribution >= 4 is 27.7 Å². The molecule has 0 unspecified atom stereocenters. The van der Waals surface area contributed by atoms with Crippen LogP contribution in [0.5, 0.6) is 11.5 Å². The van der Waals surface area contributed by atoms with Crippen molar-refractivity contribution in [3.8, 4) is 11.5 Å². The molecule has 1 N–H and O–H groups in total. The first-order valence-electron chi connectivity index (χ1n) is 9.53. The second-order valence-electron chi connectivity index (χ2n) is 6.58. The molecule has 0 bridgehead atoms. The molecule has 0 aromatic heterocycles. The van der Waals surface area contributed by atoms with E-state index in [2.05, 4.69) is 21.2 Å². The summed E-state index contributed by atoms with van der Waals surface area (Å²) in [6.45, 7) is 4.44. The van der Waals surface area contributed by atoms with Gasteiger partial charge < -0.3 is 19.7 Å². The van der Waals surface area contributed by atoms with Gasteiger partial charge in [0.05, 0.1) is 7.11 Å². The summed E-state index contributed by atoms with van der Waals surface area (Å²) in [5, 5.41) is 2.85. The van der Waals surface area contributed by atoms with E-state index in [-0.39, 0.29) is 18.4 Å². The van der Waals surface area contributed by atoms with Gasteiger partial charge in [0.15, 0.2) is 6.61 Å². The predicted octanol–water partition coefficient (Wildman–Crippen LogP) is 3.78. The minimum Gasteiger partial charge on any atom is -0.497 e. The van der Waals surface area contributed by atoms with E-state index in [9.17, 15) is 9.59 Å². The molecule has 0 fully saturated rings. The summed E-state index contributed by atoms with van der Waals surface area (Å²) in [6, 6.07) is 14.1. The highest BCUT2D eigenvalue weighted by atomic mass is 79.9. The fraction of sp³-hybridized carbons (Fsp3) is 0.364. The molecule has 1 atom stereocenters. The van der Waals surface area contributed by atoms with Crippen molar-refractivity contribution in [3.63, 3.8) is 0 Å². The molecule has 6 nitrogen and oxygen atoms in total. The normalized spacial score (nSPS) is 11.4. The Morgan fingerprint density at radius 2 is 1.83 bits per heavy atom. The van der Waals surface area contributed by atoms with Gasteiger partial charge in [-0.1, -0.05) is 35.0 Å². The first-order chi connectivity index (χ1) is 13.9. The maximum Gasteiger partial charge on any atom is 0.261 e. The number of amides is 2. The highest BCUT2D eigenvalue weighted by molar-refractivity contribution is 9.10. The molecule has 2 rings (SSSR count). The van der Waals surface area contributed by atoms with Crippen LogP contribution in [0.1, 0.15) is 25.8 Å². The van der Waals surface area contributed by atoms with Crippen molar-refractivity contribution in [2.75, 3.05) is 20.3 Å². The standard InChI is InChI=1S/C22H27BrN2O4/c1-4-12-24-22(27)16(2)25(14-17-6-5-7-18(23)13-17)21(26)15-29-20-10-8-19(28-3)9-11-20/h5-11,13,16H,4,12,14-15H2,1-3H3,(H,24,27)/t16-/m0/s1. The van der Waals surface area contributed by atoms with E-state index in [1.807, 2.05) is 31.2 Å². The van der Waals surface area contributed by atoms with Gasteiger partial charge >= 0.3 is 0 Å². The van der Waals surface area contributed by atoms with Gasteiger partial charge in [-0.15, -0.1) is 0 Å². The van der Waals surface area contributed by atoms with E-state index in [0.717, 1.165) is 16.5 Å². The number of ether oxygens (including phenoxy) is 2. The van der Waals surface area contributed by atoms with Gasteiger partial charge in [-0.05, 0) is 55.3 Å². The Balaban J connectivity index is 2.11. The summed E-state index contributed by atoms with van der Waals surface area (Å²) >= 11 is 3.44. The lowest BCUT2D eigenvalue weighted by Gasteiger charge is -2.28. The molecule has 0 aliphatic rings. The number of nitrogens with one attached hydrogen (secondary N) is 1. The van der Waals surface area contributed by atoms with Crippen LogP contribution in [0.25, 0.3) is 0 Å². The monoisotopic (exact) mass is 462 g/mol.